The van der Waals surface area contributed by atoms with E-state index in [0.717, 1.165) is 5.56 Å². The summed E-state index contributed by atoms with van der Waals surface area (Å²) in [5.74, 6) is -0.871. The van der Waals surface area contributed by atoms with Gasteiger partial charge in [0.25, 0.3) is 0 Å². The van der Waals surface area contributed by atoms with Crippen molar-refractivity contribution in [3.8, 4) is 0 Å². The van der Waals surface area contributed by atoms with Gasteiger partial charge < -0.3 is 5.11 Å². The Hall–Kier alpha value is -1.06. The lowest BCUT2D eigenvalue weighted by Crippen LogP contribution is -2.46. The van der Waals surface area contributed by atoms with Crippen molar-refractivity contribution in [2.45, 2.75) is 25.9 Å². The van der Waals surface area contributed by atoms with Crippen LogP contribution < -0.4 is 5.32 Å². The van der Waals surface area contributed by atoms with E-state index in [1.165, 1.54) is 0 Å². The van der Waals surface area contributed by atoms with Gasteiger partial charge >= 0.3 is 5.97 Å². The summed E-state index contributed by atoms with van der Waals surface area (Å²) >= 11 is 5.81. The maximum Gasteiger partial charge on any atom is 0.323 e. The van der Waals surface area contributed by atoms with Crippen LogP contribution in [0.4, 0.5) is 0 Å². The third-order valence-electron chi connectivity index (χ3n) is 2.16. The smallest absolute Gasteiger partial charge is 0.323 e. The molecule has 0 amide bonds. The van der Waals surface area contributed by atoms with Crippen molar-refractivity contribution in [3.63, 3.8) is 0 Å². The topological polar surface area (TPSA) is 49.3 Å². The molecular weight excluding hydrogens is 214 g/mol. The summed E-state index contributed by atoms with van der Waals surface area (Å²) in [4.78, 5) is 10.8. The second-order valence-corrected chi connectivity index (χ2v) is 4.35. The van der Waals surface area contributed by atoms with Crippen molar-refractivity contribution in [3.05, 3.63) is 34.9 Å². The highest BCUT2D eigenvalue weighted by Crippen LogP contribution is 2.11. The number of carboxylic acid groups (broad SMARTS) is 1. The van der Waals surface area contributed by atoms with Crippen LogP contribution in [0.1, 0.15) is 19.4 Å². The van der Waals surface area contributed by atoms with Crippen LogP contribution in [-0.2, 0) is 11.3 Å². The first-order chi connectivity index (χ1) is 6.92. The van der Waals surface area contributed by atoms with Gasteiger partial charge in [-0.25, -0.2) is 0 Å². The van der Waals surface area contributed by atoms with E-state index in [-0.39, 0.29) is 0 Å². The molecule has 4 heteroatoms. The van der Waals surface area contributed by atoms with Crippen molar-refractivity contribution in [2.24, 2.45) is 0 Å². The minimum absolute atomic E-state index is 0.486. The molecular formula is C11H14ClNO2. The monoisotopic (exact) mass is 227 g/mol. The van der Waals surface area contributed by atoms with E-state index in [9.17, 15) is 4.79 Å². The van der Waals surface area contributed by atoms with Crippen molar-refractivity contribution < 1.29 is 9.90 Å². The number of hydrogen-bond donors (Lipinski definition) is 2. The van der Waals surface area contributed by atoms with E-state index in [4.69, 9.17) is 16.7 Å². The number of benzene rings is 1. The number of rotatable bonds is 4. The van der Waals surface area contributed by atoms with Gasteiger partial charge in [0.05, 0.1) is 0 Å². The van der Waals surface area contributed by atoms with E-state index >= 15 is 0 Å². The first-order valence-corrected chi connectivity index (χ1v) is 5.02. The number of halogens is 1. The van der Waals surface area contributed by atoms with E-state index in [1.54, 1.807) is 19.9 Å². The molecule has 1 aromatic carbocycles. The van der Waals surface area contributed by atoms with Crippen LogP contribution >= 0.6 is 11.6 Å². The van der Waals surface area contributed by atoms with Crippen LogP contribution in [0.15, 0.2) is 24.3 Å². The summed E-state index contributed by atoms with van der Waals surface area (Å²) < 4.78 is 0. The molecule has 1 rings (SSSR count). The lowest BCUT2D eigenvalue weighted by atomic mass is 10.1. The largest absolute Gasteiger partial charge is 0.480 e. The molecule has 0 unspecified atom stereocenters. The van der Waals surface area contributed by atoms with E-state index in [0.29, 0.717) is 11.6 Å². The van der Waals surface area contributed by atoms with E-state index in [2.05, 4.69) is 5.32 Å². The highest BCUT2D eigenvalue weighted by molar-refractivity contribution is 6.30. The molecule has 0 aliphatic carbocycles. The van der Waals surface area contributed by atoms with Gasteiger partial charge in [-0.3, -0.25) is 10.1 Å². The van der Waals surface area contributed by atoms with Gasteiger partial charge in [0, 0.05) is 11.6 Å². The number of aliphatic carboxylic acids is 1. The number of hydrogen-bond acceptors (Lipinski definition) is 2. The lowest BCUT2D eigenvalue weighted by molar-refractivity contribution is -0.143. The van der Waals surface area contributed by atoms with Gasteiger partial charge in [0.1, 0.15) is 5.54 Å². The minimum Gasteiger partial charge on any atom is -0.480 e. The number of carbonyl (C=O) groups is 1. The Morgan fingerprint density at radius 2 is 2.20 bits per heavy atom. The second kappa shape index (κ2) is 4.64. The molecule has 0 bridgehead atoms. The zero-order valence-corrected chi connectivity index (χ0v) is 9.51. The molecule has 0 atom stereocenters. The van der Waals surface area contributed by atoms with Crippen LogP contribution in [0, 0.1) is 0 Å². The van der Waals surface area contributed by atoms with Gasteiger partial charge in [-0.05, 0) is 31.5 Å². The third kappa shape index (κ3) is 3.53. The Morgan fingerprint density at radius 3 is 2.73 bits per heavy atom. The highest BCUT2D eigenvalue weighted by Gasteiger charge is 2.25. The molecule has 1 aromatic rings. The molecule has 0 saturated carbocycles. The van der Waals surface area contributed by atoms with Crippen LogP contribution in [0.5, 0.6) is 0 Å². The number of carboxylic acids is 1. The summed E-state index contributed by atoms with van der Waals surface area (Å²) in [5, 5.41) is 12.5. The quantitative estimate of drug-likeness (QED) is 0.830. The Labute approximate surface area is 94.1 Å². The summed E-state index contributed by atoms with van der Waals surface area (Å²) in [5.41, 5.74) is 0.0410. The average molecular weight is 228 g/mol. The zero-order chi connectivity index (χ0) is 11.5. The summed E-state index contributed by atoms with van der Waals surface area (Å²) in [6.45, 7) is 3.74. The van der Waals surface area contributed by atoms with Gasteiger partial charge in [-0.1, -0.05) is 23.7 Å². The SMILES string of the molecule is CC(C)(NCc1cccc(Cl)c1)C(=O)O. The van der Waals surface area contributed by atoms with E-state index < -0.39 is 11.5 Å². The van der Waals surface area contributed by atoms with Crippen molar-refractivity contribution in [1.29, 1.82) is 0 Å². The predicted molar refractivity (Wildman–Crippen MR) is 60.0 cm³/mol. The average Bonchev–Trinajstić information content (AvgIpc) is 2.15. The molecule has 0 fully saturated rings. The predicted octanol–water partition coefficient (Wildman–Crippen LogP) is 2.29. The molecule has 0 saturated heterocycles. The number of nitrogens with one attached hydrogen (secondary N) is 1. The Morgan fingerprint density at radius 1 is 1.53 bits per heavy atom. The summed E-state index contributed by atoms with van der Waals surface area (Å²) in [6.07, 6.45) is 0. The third-order valence-corrected chi connectivity index (χ3v) is 2.39. The molecule has 0 aliphatic rings. The van der Waals surface area contributed by atoms with Crippen LogP contribution in [0.25, 0.3) is 0 Å². The fourth-order valence-electron chi connectivity index (χ4n) is 1.05. The standard InChI is InChI=1S/C11H14ClNO2/c1-11(2,10(14)15)13-7-8-4-3-5-9(12)6-8/h3-6,13H,7H2,1-2H3,(H,14,15). The normalized spacial score (nSPS) is 11.4. The molecule has 15 heavy (non-hydrogen) atoms. The van der Waals surface area contributed by atoms with Crippen molar-refractivity contribution in [2.75, 3.05) is 0 Å². The Balaban J connectivity index is 2.61. The fourth-order valence-corrected chi connectivity index (χ4v) is 1.26. The maximum atomic E-state index is 10.8. The lowest BCUT2D eigenvalue weighted by Gasteiger charge is -2.21. The molecule has 0 heterocycles. The zero-order valence-electron chi connectivity index (χ0n) is 8.75. The first kappa shape index (κ1) is 12.0. The molecule has 3 nitrogen and oxygen atoms in total. The minimum atomic E-state index is -0.928. The molecule has 82 valence electrons. The summed E-state index contributed by atoms with van der Waals surface area (Å²) in [6, 6.07) is 7.34. The molecule has 0 spiro atoms. The summed E-state index contributed by atoms with van der Waals surface area (Å²) in [7, 11) is 0. The van der Waals surface area contributed by atoms with Gasteiger partial charge in [-0.15, -0.1) is 0 Å². The maximum absolute atomic E-state index is 10.8. The van der Waals surface area contributed by atoms with Gasteiger partial charge in [0.15, 0.2) is 0 Å². The molecule has 0 radical (unpaired) electrons. The Kier molecular flexibility index (Phi) is 3.72. The van der Waals surface area contributed by atoms with Gasteiger partial charge in [0.2, 0.25) is 0 Å². The fraction of sp³-hybridized carbons (Fsp3) is 0.364. The van der Waals surface area contributed by atoms with Crippen LogP contribution in [0.3, 0.4) is 0 Å². The van der Waals surface area contributed by atoms with Crippen LogP contribution in [-0.4, -0.2) is 16.6 Å². The molecule has 0 aromatic heterocycles. The Bertz CT molecular complexity index is 363. The van der Waals surface area contributed by atoms with Gasteiger partial charge in [-0.2, -0.15) is 0 Å². The van der Waals surface area contributed by atoms with E-state index in [1.807, 2.05) is 18.2 Å². The molecule has 2 N–H and O–H groups in total. The van der Waals surface area contributed by atoms with Crippen LogP contribution in [0.2, 0.25) is 5.02 Å². The highest BCUT2D eigenvalue weighted by atomic mass is 35.5. The van der Waals surface area contributed by atoms with Crippen molar-refractivity contribution in [1.82, 2.24) is 5.32 Å². The second-order valence-electron chi connectivity index (χ2n) is 3.91. The first-order valence-electron chi connectivity index (χ1n) is 4.65. The van der Waals surface area contributed by atoms with Crippen molar-refractivity contribution >= 4 is 17.6 Å². The molecule has 0 aliphatic heterocycles.